The standard InChI is InChI=1S/C30H38ClN5O6/c1-29(2,3)24(35-25(37)15-8-9-41-14-15)28(40)36-13-18-22(30(18,4)5)23(36)27(39)33-17(12-32)11-21-26(38)34-19-10-16(31)6-7-20(19)42-21/h6-7,10,15,17-18,21-24H,8-9,11,13-14H2,1-5H3,(H,33,39)(H,34,38)(H,35,37)/t15?,17-,18-,21?,22-,23-,24?/m0/s1. The van der Waals surface area contributed by atoms with Crippen molar-refractivity contribution in [2.75, 3.05) is 25.1 Å². The quantitative estimate of drug-likeness (QED) is 0.436. The van der Waals surface area contributed by atoms with E-state index in [4.69, 9.17) is 21.1 Å². The van der Waals surface area contributed by atoms with E-state index >= 15 is 0 Å². The van der Waals surface area contributed by atoms with Gasteiger partial charge >= 0.3 is 0 Å². The predicted molar refractivity (Wildman–Crippen MR) is 153 cm³/mol. The van der Waals surface area contributed by atoms with E-state index < -0.39 is 41.5 Å². The molecule has 3 heterocycles. The number of fused-ring (bicyclic) bond motifs is 2. The highest BCUT2D eigenvalue weighted by molar-refractivity contribution is 6.31. The van der Waals surface area contributed by atoms with Gasteiger partial charge in [0.25, 0.3) is 5.91 Å². The molecule has 0 aromatic heterocycles. The van der Waals surface area contributed by atoms with E-state index in [1.165, 1.54) is 0 Å². The molecule has 0 radical (unpaired) electrons. The van der Waals surface area contributed by atoms with Crippen LogP contribution < -0.4 is 20.7 Å². The van der Waals surface area contributed by atoms with Gasteiger partial charge < -0.3 is 30.3 Å². The number of nitriles is 1. The summed E-state index contributed by atoms with van der Waals surface area (Å²) in [6, 6.07) is 4.21. The van der Waals surface area contributed by atoms with E-state index in [0.717, 1.165) is 0 Å². The summed E-state index contributed by atoms with van der Waals surface area (Å²) in [6.07, 6.45) is -0.491. The Labute approximate surface area is 250 Å². The molecule has 5 rings (SSSR count). The maximum Gasteiger partial charge on any atom is 0.265 e. The van der Waals surface area contributed by atoms with Crippen LogP contribution in [0.25, 0.3) is 0 Å². The van der Waals surface area contributed by atoms with Crippen molar-refractivity contribution in [2.24, 2.45) is 28.6 Å². The van der Waals surface area contributed by atoms with Crippen molar-refractivity contribution in [3.63, 3.8) is 0 Å². The molecule has 3 aliphatic heterocycles. The van der Waals surface area contributed by atoms with Gasteiger partial charge in [0.05, 0.1) is 24.3 Å². The molecule has 3 unspecified atom stereocenters. The fraction of sp³-hybridized carbons (Fsp3) is 0.633. The molecule has 42 heavy (non-hydrogen) atoms. The van der Waals surface area contributed by atoms with Crippen molar-refractivity contribution in [3.8, 4) is 11.8 Å². The molecule has 3 fully saturated rings. The normalized spacial score (nSPS) is 28.7. The molecule has 4 aliphatic rings. The zero-order valence-electron chi connectivity index (χ0n) is 24.5. The summed E-state index contributed by atoms with van der Waals surface area (Å²) in [5.74, 6) is -1.33. The van der Waals surface area contributed by atoms with Crippen molar-refractivity contribution in [2.45, 2.75) is 71.7 Å². The lowest BCUT2D eigenvalue weighted by Crippen LogP contribution is -2.60. The molecular weight excluding hydrogens is 562 g/mol. The summed E-state index contributed by atoms with van der Waals surface area (Å²) in [4.78, 5) is 55.1. The highest BCUT2D eigenvalue weighted by Crippen LogP contribution is 2.65. The monoisotopic (exact) mass is 599 g/mol. The molecule has 1 aromatic rings. The van der Waals surface area contributed by atoms with Crippen molar-refractivity contribution in [3.05, 3.63) is 23.2 Å². The fourth-order valence-electron chi connectivity index (χ4n) is 6.52. The Morgan fingerprint density at radius 2 is 1.98 bits per heavy atom. The Morgan fingerprint density at radius 1 is 1.24 bits per heavy atom. The number of hydrogen-bond donors (Lipinski definition) is 3. The molecule has 1 saturated carbocycles. The van der Waals surface area contributed by atoms with Crippen molar-refractivity contribution >= 4 is 40.9 Å². The van der Waals surface area contributed by atoms with Gasteiger partial charge in [0.2, 0.25) is 17.7 Å². The lowest BCUT2D eigenvalue weighted by Gasteiger charge is -2.38. The van der Waals surface area contributed by atoms with Crippen LogP contribution in [-0.4, -0.2) is 72.5 Å². The number of halogens is 1. The molecule has 0 spiro atoms. The third-order valence-corrected chi connectivity index (χ3v) is 9.38. The Hall–Kier alpha value is -3.36. The van der Waals surface area contributed by atoms with E-state index in [-0.39, 0.29) is 41.4 Å². The maximum absolute atomic E-state index is 14.0. The number of piperidine rings is 1. The molecule has 0 bridgehead atoms. The van der Waals surface area contributed by atoms with Crippen LogP contribution in [0.5, 0.6) is 5.75 Å². The van der Waals surface area contributed by atoms with Crippen LogP contribution in [0.15, 0.2) is 18.2 Å². The van der Waals surface area contributed by atoms with Crippen LogP contribution in [0, 0.1) is 39.9 Å². The first-order chi connectivity index (χ1) is 19.7. The van der Waals surface area contributed by atoms with Crippen molar-refractivity contribution in [1.29, 1.82) is 5.26 Å². The van der Waals surface area contributed by atoms with Crippen LogP contribution in [0.3, 0.4) is 0 Å². The molecule has 226 valence electrons. The smallest absolute Gasteiger partial charge is 0.265 e. The van der Waals surface area contributed by atoms with Gasteiger partial charge in [-0.1, -0.05) is 46.2 Å². The molecule has 3 N–H and O–H groups in total. The summed E-state index contributed by atoms with van der Waals surface area (Å²) in [6.45, 7) is 11.0. The van der Waals surface area contributed by atoms with Crippen LogP contribution >= 0.6 is 11.6 Å². The van der Waals surface area contributed by atoms with Gasteiger partial charge in [0.15, 0.2) is 6.10 Å². The molecule has 11 nitrogen and oxygen atoms in total. The number of nitrogens with zero attached hydrogens (tertiary/aromatic N) is 2. The first kappa shape index (κ1) is 30.1. The van der Waals surface area contributed by atoms with Gasteiger partial charge in [-0.05, 0) is 47.3 Å². The van der Waals surface area contributed by atoms with Crippen LogP contribution in [0.2, 0.25) is 5.02 Å². The Bertz CT molecular complexity index is 1330. The number of carbonyl (C=O) groups is 4. The van der Waals surface area contributed by atoms with Gasteiger partial charge in [-0.25, -0.2) is 0 Å². The topological polar surface area (TPSA) is 150 Å². The van der Waals surface area contributed by atoms with E-state index in [9.17, 15) is 24.4 Å². The summed E-state index contributed by atoms with van der Waals surface area (Å²) in [5.41, 5.74) is -0.332. The average molecular weight is 600 g/mol. The van der Waals surface area contributed by atoms with Crippen LogP contribution in [-0.2, 0) is 23.9 Å². The van der Waals surface area contributed by atoms with Gasteiger partial charge in [0, 0.05) is 24.6 Å². The number of hydrogen-bond acceptors (Lipinski definition) is 7. The second kappa shape index (κ2) is 11.0. The fourth-order valence-corrected chi connectivity index (χ4v) is 6.69. The third-order valence-electron chi connectivity index (χ3n) is 9.14. The predicted octanol–water partition coefficient (Wildman–Crippen LogP) is 2.49. The highest BCUT2D eigenvalue weighted by Gasteiger charge is 2.69. The van der Waals surface area contributed by atoms with Gasteiger partial charge in [-0.3, -0.25) is 19.2 Å². The number of likely N-dealkylation sites (tertiary alicyclic amines) is 1. The Kier molecular flexibility index (Phi) is 7.92. The summed E-state index contributed by atoms with van der Waals surface area (Å²) < 4.78 is 11.2. The Balaban J connectivity index is 1.30. The van der Waals surface area contributed by atoms with E-state index in [0.29, 0.717) is 42.6 Å². The second-order valence-electron chi connectivity index (χ2n) is 13.4. The largest absolute Gasteiger partial charge is 0.478 e. The minimum absolute atomic E-state index is 0.0849. The molecule has 12 heteroatoms. The number of carbonyl (C=O) groups excluding carboxylic acids is 4. The van der Waals surface area contributed by atoms with Crippen molar-refractivity contribution < 1.29 is 28.7 Å². The first-order valence-corrected chi connectivity index (χ1v) is 14.8. The minimum atomic E-state index is -1.04. The number of ether oxygens (including phenoxy) is 2. The van der Waals surface area contributed by atoms with Crippen molar-refractivity contribution in [1.82, 2.24) is 15.5 Å². The lowest BCUT2D eigenvalue weighted by atomic mass is 9.84. The van der Waals surface area contributed by atoms with E-state index in [1.54, 1.807) is 23.1 Å². The summed E-state index contributed by atoms with van der Waals surface area (Å²) >= 11 is 6.00. The number of amides is 4. The average Bonchev–Trinajstić information content (AvgIpc) is 3.37. The SMILES string of the molecule is CC(C)(C)C(NC(=O)C1CCOC1)C(=O)N1C[C@H]2[C@@H]([C@H]1C(=O)N[C@H](C#N)CC1Oc3ccc(Cl)cc3NC1=O)C2(C)C. The van der Waals surface area contributed by atoms with Gasteiger partial charge in [0.1, 0.15) is 23.9 Å². The van der Waals surface area contributed by atoms with Gasteiger partial charge in [-0.2, -0.15) is 5.26 Å². The van der Waals surface area contributed by atoms with Crippen LogP contribution in [0.4, 0.5) is 5.69 Å². The van der Waals surface area contributed by atoms with Gasteiger partial charge in [-0.15, -0.1) is 0 Å². The van der Waals surface area contributed by atoms with E-state index in [2.05, 4.69) is 35.9 Å². The molecular formula is C30H38ClN5O6. The minimum Gasteiger partial charge on any atom is -0.478 e. The maximum atomic E-state index is 14.0. The number of anilines is 1. The summed E-state index contributed by atoms with van der Waals surface area (Å²) in [7, 11) is 0. The third kappa shape index (κ3) is 5.66. The second-order valence-corrected chi connectivity index (χ2v) is 13.9. The highest BCUT2D eigenvalue weighted by atomic mass is 35.5. The number of rotatable bonds is 7. The Morgan fingerprint density at radius 3 is 2.62 bits per heavy atom. The lowest BCUT2D eigenvalue weighted by molar-refractivity contribution is -0.146. The molecule has 2 saturated heterocycles. The number of nitrogens with one attached hydrogen (secondary N) is 3. The zero-order valence-corrected chi connectivity index (χ0v) is 25.3. The molecule has 1 aliphatic carbocycles. The van der Waals surface area contributed by atoms with Crippen LogP contribution in [0.1, 0.15) is 47.5 Å². The number of benzene rings is 1. The molecule has 1 aromatic carbocycles. The first-order valence-electron chi connectivity index (χ1n) is 14.4. The molecule has 4 amide bonds. The van der Waals surface area contributed by atoms with E-state index in [1.807, 2.05) is 20.8 Å². The summed E-state index contributed by atoms with van der Waals surface area (Å²) in [5, 5.41) is 18.8. The zero-order chi connectivity index (χ0) is 30.6. The molecule has 7 atom stereocenters.